The zero-order chi connectivity index (χ0) is 19.2. The van der Waals surface area contributed by atoms with Crippen molar-refractivity contribution in [2.75, 3.05) is 37.9 Å². The van der Waals surface area contributed by atoms with E-state index >= 15 is 0 Å². The number of benzene rings is 1. The van der Waals surface area contributed by atoms with Crippen molar-refractivity contribution in [1.29, 1.82) is 0 Å². The summed E-state index contributed by atoms with van der Waals surface area (Å²) in [6.07, 6.45) is 1.73. The second kappa shape index (κ2) is 6.78. The summed E-state index contributed by atoms with van der Waals surface area (Å²) in [5.41, 5.74) is 2.00. The predicted octanol–water partition coefficient (Wildman–Crippen LogP) is 2.98. The summed E-state index contributed by atoms with van der Waals surface area (Å²) >= 11 is 0. The molecule has 0 aliphatic carbocycles. The molecule has 1 N–H and O–H groups in total. The van der Waals surface area contributed by atoms with E-state index < -0.39 is 10.1 Å². The van der Waals surface area contributed by atoms with E-state index in [0.717, 1.165) is 48.3 Å². The van der Waals surface area contributed by atoms with Gasteiger partial charge >= 0.3 is 0 Å². The van der Waals surface area contributed by atoms with E-state index in [-0.39, 0.29) is 16.4 Å². The molecule has 1 aromatic carbocycles. The summed E-state index contributed by atoms with van der Waals surface area (Å²) in [6, 6.07) is 5.34. The SMILES string of the molecule is CC[N+](CC)(CC)N1c2ccc(S(=O)(=O)O)cc2C2(CCOCC2)C1C. The van der Waals surface area contributed by atoms with Crippen LogP contribution in [0.5, 0.6) is 0 Å². The van der Waals surface area contributed by atoms with Gasteiger partial charge in [0.15, 0.2) is 0 Å². The van der Waals surface area contributed by atoms with Crippen LogP contribution >= 0.6 is 0 Å². The predicted molar refractivity (Wildman–Crippen MR) is 102 cm³/mol. The first kappa shape index (κ1) is 19.6. The Morgan fingerprint density at radius 2 is 1.77 bits per heavy atom. The number of ether oxygens (including phenoxy) is 1. The summed E-state index contributed by atoms with van der Waals surface area (Å²) in [6.45, 7) is 13.2. The molecule has 0 amide bonds. The van der Waals surface area contributed by atoms with Crippen molar-refractivity contribution in [3.63, 3.8) is 0 Å². The van der Waals surface area contributed by atoms with Crippen molar-refractivity contribution in [2.24, 2.45) is 0 Å². The molecule has 1 aromatic rings. The number of anilines is 1. The van der Waals surface area contributed by atoms with Gasteiger partial charge in [0, 0.05) is 18.6 Å². The molecule has 6 nitrogen and oxygen atoms in total. The van der Waals surface area contributed by atoms with Gasteiger partial charge in [0.2, 0.25) is 0 Å². The minimum atomic E-state index is -4.22. The summed E-state index contributed by atoms with van der Waals surface area (Å²) < 4.78 is 39.5. The lowest BCUT2D eigenvalue weighted by Crippen LogP contribution is -2.64. The monoisotopic (exact) mass is 383 g/mol. The number of fused-ring (bicyclic) bond motifs is 2. The van der Waals surface area contributed by atoms with Gasteiger partial charge in [-0.25, -0.2) is 9.60 Å². The number of hydrogen-bond acceptors (Lipinski definition) is 4. The molecular formula is C19H31N2O4S+. The van der Waals surface area contributed by atoms with Crippen LogP contribution < -0.4 is 5.01 Å². The molecule has 0 saturated carbocycles. The van der Waals surface area contributed by atoms with Crippen LogP contribution in [0.1, 0.15) is 46.1 Å². The van der Waals surface area contributed by atoms with Crippen molar-refractivity contribution in [3.05, 3.63) is 23.8 Å². The Balaban J connectivity index is 2.24. The first-order valence-corrected chi connectivity index (χ1v) is 11.1. The molecule has 1 fully saturated rings. The molecule has 1 unspecified atom stereocenters. The average Bonchev–Trinajstić information content (AvgIpc) is 2.87. The topological polar surface area (TPSA) is 66.8 Å². The van der Waals surface area contributed by atoms with E-state index in [1.54, 1.807) is 6.07 Å². The highest BCUT2D eigenvalue weighted by Crippen LogP contribution is 2.53. The van der Waals surface area contributed by atoms with Crippen LogP contribution in [-0.4, -0.2) is 56.5 Å². The van der Waals surface area contributed by atoms with E-state index in [0.29, 0.717) is 13.2 Å². The first-order valence-electron chi connectivity index (χ1n) is 9.61. The van der Waals surface area contributed by atoms with Gasteiger partial charge in [0.1, 0.15) is 0 Å². The zero-order valence-corrected chi connectivity index (χ0v) is 17.1. The standard InChI is InChI=1S/C19H30N2O4S/c1-5-21(6-2,7-3)20-15(4)19(10-12-25-13-11-19)17-14-16(26(22,23)24)8-9-18(17)20/h8-9,14-15H,5-7,10-13H2,1-4H3/p+1. The van der Waals surface area contributed by atoms with E-state index in [1.165, 1.54) is 6.07 Å². The van der Waals surface area contributed by atoms with Crippen LogP contribution in [0.4, 0.5) is 5.69 Å². The largest absolute Gasteiger partial charge is 0.381 e. The molecule has 3 rings (SSSR count). The Bertz CT molecular complexity index is 759. The molecule has 1 atom stereocenters. The molecule has 146 valence electrons. The fourth-order valence-corrected chi connectivity index (χ4v) is 5.60. The van der Waals surface area contributed by atoms with Crippen LogP contribution in [-0.2, 0) is 20.3 Å². The highest BCUT2D eigenvalue weighted by molar-refractivity contribution is 7.85. The summed E-state index contributed by atoms with van der Waals surface area (Å²) in [4.78, 5) is -0.0150. The van der Waals surface area contributed by atoms with Crippen molar-refractivity contribution < 1.29 is 22.3 Å². The lowest BCUT2D eigenvalue weighted by atomic mass is 9.71. The summed E-state index contributed by atoms with van der Waals surface area (Å²) in [7, 11) is -4.22. The van der Waals surface area contributed by atoms with Crippen LogP contribution in [0, 0.1) is 0 Å². The molecule has 0 bridgehead atoms. The van der Waals surface area contributed by atoms with Crippen LogP contribution in [0.2, 0.25) is 0 Å². The molecule has 7 heteroatoms. The third-order valence-corrected chi connectivity index (χ3v) is 7.67. The Hall–Kier alpha value is -1.15. The molecule has 2 aliphatic heterocycles. The van der Waals surface area contributed by atoms with Crippen molar-refractivity contribution in [2.45, 2.75) is 56.9 Å². The average molecular weight is 384 g/mol. The lowest BCUT2D eigenvalue weighted by Gasteiger charge is -2.48. The van der Waals surface area contributed by atoms with Crippen LogP contribution in [0.25, 0.3) is 0 Å². The number of hydrogen-bond donors (Lipinski definition) is 1. The number of nitrogens with zero attached hydrogens (tertiary/aromatic N) is 2. The third kappa shape index (κ3) is 2.76. The van der Waals surface area contributed by atoms with E-state index in [9.17, 15) is 13.0 Å². The Labute approximate surface area is 157 Å². The maximum absolute atomic E-state index is 11.7. The molecule has 2 aliphatic rings. The van der Waals surface area contributed by atoms with Gasteiger partial charge in [0.25, 0.3) is 10.1 Å². The Morgan fingerprint density at radius 3 is 2.27 bits per heavy atom. The van der Waals surface area contributed by atoms with Gasteiger partial charge in [-0.05, 0) is 64.3 Å². The van der Waals surface area contributed by atoms with E-state index in [1.807, 2.05) is 6.07 Å². The smallest absolute Gasteiger partial charge is 0.294 e. The van der Waals surface area contributed by atoms with Crippen molar-refractivity contribution >= 4 is 15.8 Å². The Kier molecular flexibility index (Phi) is 5.11. The number of quaternary nitrogens is 1. The van der Waals surface area contributed by atoms with E-state index in [4.69, 9.17) is 4.74 Å². The van der Waals surface area contributed by atoms with Crippen molar-refractivity contribution in [3.8, 4) is 0 Å². The lowest BCUT2D eigenvalue weighted by molar-refractivity contribution is -0.933. The van der Waals surface area contributed by atoms with Gasteiger partial charge in [-0.3, -0.25) is 4.55 Å². The summed E-state index contributed by atoms with van der Waals surface area (Å²) in [5.74, 6) is 0. The van der Waals surface area contributed by atoms with Crippen molar-refractivity contribution in [1.82, 2.24) is 0 Å². The second-order valence-electron chi connectivity index (χ2n) is 7.49. The molecule has 2 heterocycles. The van der Waals surface area contributed by atoms with Gasteiger partial charge < -0.3 is 4.74 Å². The molecule has 1 spiro atoms. The Morgan fingerprint density at radius 1 is 1.19 bits per heavy atom. The highest BCUT2D eigenvalue weighted by Gasteiger charge is 2.55. The molecule has 1 saturated heterocycles. The summed E-state index contributed by atoms with van der Waals surface area (Å²) in [5, 5.41) is 2.48. The van der Waals surface area contributed by atoms with Gasteiger partial charge in [-0.2, -0.15) is 8.42 Å². The molecule has 0 radical (unpaired) electrons. The second-order valence-corrected chi connectivity index (χ2v) is 8.91. The number of rotatable bonds is 5. The van der Waals surface area contributed by atoms with Crippen LogP contribution in [0.3, 0.4) is 0 Å². The maximum Gasteiger partial charge on any atom is 0.294 e. The minimum Gasteiger partial charge on any atom is -0.381 e. The zero-order valence-electron chi connectivity index (χ0n) is 16.2. The first-order chi connectivity index (χ1) is 12.3. The fourth-order valence-electron chi connectivity index (χ4n) is 5.09. The van der Waals surface area contributed by atoms with Gasteiger partial charge in [-0.15, -0.1) is 0 Å². The fraction of sp³-hybridized carbons (Fsp3) is 0.684. The molecule has 26 heavy (non-hydrogen) atoms. The minimum absolute atomic E-state index is 0.0150. The molecule has 0 aromatic heterocycles. The molecular weight excluding hydrogens is 352 g/mol. The van der Waals surface area contributed by atoms with Gasteiger partial charge in [-0.1, -0.05) is 0 Å². The normalized spacial score (nSPS) is 22.7. The van der Waals surface area contributed by atoms with E-state index in [2.05, 4.69) is 32.7 Å². The van der Waals surface area contributed by atoms with Gasteiger partial charge in [0.05, 0.1) is 36.3 Å². The third-order valence-electron chi connectivity index (χ3n) is 6.82. The maximum atomic E-state index is 11.7. The van der Waals surface area contributed by atoms with Crippen LogP contribution in [0.15, 0.2) is 23.1 Å². The highest BCUT2D eigenvalue weighted by atomic mass is 32.2. The quantitative estimate of drug-likeness (QED) is 0.625.